The molecule has 0 aliphatic carbocycles. The number of esters is 1. The van der Waals surface area contributed by atoms with E-state index in [9.17, 15) is 4.79 Å². The first-order valence-corrected chi connectivity index (χ1v) is 5.57. The van der Waals surface area contributed by atoms with Crippen molar-refractivity contribution >= 4 is 17.3 Å². The fraction of sp³-hybridized carbons (Fsp3) is 0.500. The fourth-order valence-corrected chi connectivity index (χ4v) is 2.12. The molecule has 0 fully saturated rings. The van der Waals surface area contributed by atoms with Crippen LogP contribution in [0.25, 0.3) is 0 Å². The maximum Gasteiger partial charge on any atom is 0.324 e. The van der Waals surface area contributed by atoms with E-state index in [1.54, 1.807) is 11.3 Å². The summed E-state index contributed by atoms with van der Waals surface area (Å²) in [4.78, 5) is 14.5. The highest BCUT2D eigenvalue weighted by Crippen LogP contribution is 2.12. The Kier molecular flexibility index (Phi) is 4.74. The molecule has 4 nitrogen and oxygen atoms in total. The Morgan fingerprint density at radius 2 is 2.47 bits per heavy atom. The molecule has 1 atom stereocenters. The molecule has 0 bridgehead atoms. The second-order valence-electron chi connectivity index (χ2n) is 3.27. The zero-order chi connectivity index (χ0) is 11.3. The predicted octanol–water partition coefficient (Wildman–Crippen LogP) is 0.680. The first-order chi connectivity index (χ1) is 7.19. The standard InChI is InChI=1S/C10H16N2O2S/c1-12(7-8-4-3-5-15-8)9(6-11)10(13)14-2/h3-5,9H,6-7,11H2,1-2H3. The molecule has 15 heavy (non-hydrogen) atoms. The SMILES string of the molecule is COC(=O)C(CN)N(C)Cc1cccs1. The van der Waals surface area contributed by atoms with E-state index in [-0.39, 0.29) is 18.6 Å². The summed E-state index contributed by atoms with van der Waals surface area (Å²) in [5.74, 6) is -0.281. The summed E-state index contributed by atoms with van der Waals surface area (Å²) in [7, 11) is 3.25. The van der Waals surface area contributed by atoms with Gasteiger partial charge in [-0.1, -0.05) is 6.07 Å². The number of rotatable bonds is 5. The fourth-order valence-electron chi connectivity index (χ4n) is 1.35. The average molecular weight is 228 g/mol. The van der Waals surface area contributed by atoms with E-state index < -0.39 is 0 Å². The number of carbonyl (C=O) groups excluding carboxylic acids is 1. The Labute approximate surface area is 93.6 Å². The lowest BCUT2D eigenvalue weighted by molar-refractivity contribution is -0.146. The van der Waals surface area contributed by atoms with Gasteiger partial charge in [-0.15, -0.1) is 11.3 Å². The zero-order valence-corrected chi connectivity index (χ0v) is 9.79. The van der Waals surface area contributed by atoms with Crippen LogP contribution >= 0.6 is 11.3 Å². The van der Waals surface area contributed by atoms with Gasteiger partial charge in [0.15, 0.2) is 0 Å². The molecule has 0 spiro atoms. The second kappa shape index (κ2) is 5.85. The van der Waals surface area contributed by atoms with Gasteiger partial charge < -0.3 is 10.5 Å². The van der Waals surface area contributed by atoms with Crippen LogP contribution in [0.15, 0.2) is 17.5 Å². The molecule has 1 aromatic heterocycles. The summed E-state index contributed by atoms with van der Waals surface area (Å²) >= 11 is 1.66. The molecule has 0 aromatic carbocycles. The normalized spacial score (nSPS) is 12.8. The minimum absolute atomic E-state index is 0.272. The summed E-state index contributed by atoms with van der Waals surface area (Å²) in [5, 5.41) is 2.01. The second-order valence-corrected chi connectivity index (χ2v) is 4.30. The molecule has 0 amide bonds. The van der Waals surface area contributed by atoms with Gasteiger partial charge in [-0.2, -0.15) is 0 Å². The molecule has 0 aliphatic rings. The van der Waals surface area contributed by atoms with Gasteiger partial charge in [0.1, 0.15) is 6.04 Å². The maximum absolute atomic E-state index is 11.4. The van der Waals surface area contributed by atoms with Gasteiger partial charge in [0.25, 0.3) is 0 Å². The summed E-state index contributed by atoms with van der Waals surface area (Å²) in [6, 6.07) is 3.66. The first-order valence-electron chi connectivity index (χ1n) is 4.69. The minimum Gasteiger partial charge on any atom is -0.468 e. The third-order valence-corrected chi connectivity index (χ3v) is 3.08. The minimum atomic E-state index is -0.364. The topological polar surface area (TPSA) is 55.6 Å². The van der Waals surface area contributed by atoms with Gasteiger partial charge in [0, 0.05) is 18.0 Å². The van der Waals surface area contributed by atoms with Gasteiger partial charge in [-0.25, -0.2) is 0 Å². The smallest absolute Gasteiger partial charge is 0.324 e. The van der Waals surface area contributed by atoms with Crippen LogP contribution in [-0.4, -0.2) is 37.6 Å². The van der Waals surface area contributed by atoms with Crippen LogP contribution in [-0.2, 0) is 16.1 Å². The van der Waals surface area contributed by atoms with Crippen LogP contribution in [0.5, 0.6) is 0 Å². The Hall–Kier alpha value is -0.910. The molecule has 2 N–H and O–H groups in total. The van der Waals surface area contributed by atoms with Crippen LogP contribution in [0.3, 0.4) is 0 Å². The summed E-state index contributed by atoms with van der Waals surface area (Å²) in [6.45, 7) is 0.989. The Morgan fingerprint density at radius 1 is 1.73 bits per heavy atom. The van der Waals surface area contributed by atoms with Gasteiger partial charge in [-0.3, -0.25) is 9.69 Å². The Balaban J connectivity index is 2.57. The van der Waals surface area contributed by atoms with Crippen molar-refractivity contribution < 1.29 is 9.53 Å². The number of carbonyl (C=O) groups is 1. The quantitative estimate of drug-likeness (QED) is 0.753. The van der Waals surface area contributed by atoms with Crippen LogP contribution < -0.4 is 5.73 Å². The van der Waals surface area contributed by atoms with Gasteiger partial charge >= 0.3 is 5.97 Å². The molecule has 0 radical (unpaired) electrons. The number of nitrogens with zero attached hydrogens (tertiary/aromatic N) is 1. The molecule has 1 rings (SSSR count). The monoisotopic (exact) mass is 228 g/mol. The van der Waals surface area contributed by atoms with Crippen LogP contribution in [0.1, 0.15) is 4.88 Å². The molecule has 1 heterocycles. The highest BCUT2D eigenvalue weighted by atomic mass is 32.1. The lowest BCUT2D eigenvalue weighted by atomic mass is 10.2. The first kappa shape index (κ1) is 12.2. The van der Waals surface area contributed by atoms with Crippen molar-refractivity contribution in [3.05, 3.63) is 22.4 Å². The zero-order valence-electron chi connectivity index (χ0n) is 8.97. The maximum atomic E-state index is 11.4. The van der Waals surface area contributed by atoms with Crippen molar-refractivity contribution in [2.75, 3.05) is 20.7 Å². The van der Waals surface area contributed by atoms with Crippen molar-refractivity contribution in [1.82, 2.24) is 4.90 Å². The molecule has 1 unspecified atom stereocenters. The largest absolute Gasteiger partial charge is 0.468 e. The number of thiophene rings is 1. The molecular formula is C10H16N2O2S. The van der Waals surface area contributed by atoms with Crippen molar-refractivity contribution in [2.45, 2.75) is 12.6 Å². The molecule has 5 heteroatoms. The average Bonchev–Trinajstić information content (AvgIpc) is 2.71. The summed E-state index contributed by atoms with van der Waals surface area (Å²) < 4.78 is 4.69. The number of hydrogen-bond acceptors (Lipinski definition) is 5. The number of methoxy groups -OCH3 is 1. The van der Waals surface area contributed by atoms with Gasteiger partial charge in [0.2, 0.25) is 0 Å². The highest BCUT2D eigenvalue weighted by Gasteiger charge is 2.22. The lowest BCUT2D eigenvalue weighted by Crippen LogP contribution is -2.44. The van der Waals surface area contributed by atoms with E-state index in [1.807, 2.05) is 29.5 Å². The molecule has 1 aromatic rings. The lowest BCUT2D eigenvalue weighted by Gasteiger charge is -2.23. The van der Waals surface area contributed by atoms with E-state index in [2.05, 4.69) is 4.74 Å². The van der Waals surface area contributed by atoms with Crippen molar-refractivity contribution in [2.24, 2.45) is 5.73 Å². The molecule has 84 valence electrons. The highest BCUT2D eigenvalue weighted by molar-refractivity contribution is 7.09. The van der Waals surface area contributed by atoms with Crippen molar-refractivity contribution in [3.63, 3.8) is 0 Å². The van der Waals surface area contributed by atoms with Gasteiger partial charge in [0.05, 0.1) is 7.11 Å². The van der Waals surface area contributed by atoms with Crippen LogP contribution in [0.2, 0.25) is 0 Å². The van der Waals surface area contributed by atoms with E-state index >= 15 is 0 Å². The Bertz CT molecular complexity index is 300. The number of hydrogen-bond donors (Lipinski definition) is 1. The van der Waals surface area contributed by atoms with Crippen LogP contribution in [0, 0.1) is 0 Å². The Morgan fingerprint density at radius 3 is 2.93 bits per heavy atom. The summed E-state index contributed by atoms with van der Waals surface area (Å²) in [6.07, 6.45) is 0. The van der Waals surface area contributed by atoms with E-state index in [0.717, 1.165) is 0 Å². The molecule has 0 aliphatic heterocycles. The third kappa shape index (κ3) is 3.30. The van der Waals surface area contributed by atoms with Crippen molar-refractivity contribution in [1.29, 1.82) is 0 Å². The molecule has 0 saturated carbocycles. The van der Waals surface area contributed by atoms with E-state index in [0.29, 0.717) is 6.54 Å². The van der Waals surface area contributed by atoms with Crippen LogP contribution in [0.4, 0.5) is 0 Å². The molecular weight excluding hydrogens is 212 g/mol. The predicted molar refractivity (Wildman–Crippen MR) is 60.6 cm³/mol. The summed E-state index contributed by atoms with van der Waals surface area (Å²) in [5.41, 5.74) is 5.54. The van der Waals surface area contributed by atoms with Gasteiger partial charge in [-0.05, 0) is 18.5 Å². The third-order valence-electron chi connectivity index (χ3n) is 2.21. The van der Waals surface area contributed by atoms with E-state index in [1.165, 1.54) is 12.0 Å². The number of nitrogens with two attached hydrogens (primary N) is 1. The van der Waals surface area contributed by atoms with Crippen molar-refractivity contribution in [3.8, 4) is 0 Å². The number of ether oxygens (including phenoxy) is 1. The number of likely N-dealkylation sites (N-methyl/N-ethyl adjacent to an activating group) is 1. The van der Waals surface area contributed by atoms with E-state index in [4.69, 9.17) is 5.73 Å². The molecule has 0 saturated heterocycles.